The van der Waals surface area contributed by atoms with Gasteiger partial charge in [-0.25, -0.2) is 4.79 Å². The largest absolute Gasteiger partial charge is 0.461 e. The van der Waals surface area contributed by atoms with E-state index in [9.17, 15) is 9.59 Å². The standard InChI is InChI=1S/C24H27BrO4/c1-14-3-4-19-18(6-20(26)29-22(19)15(14)2)12-28-21(27)11-23-7-16-5-17(8-23)10-24(25,9-16)13-23/h3-4,6,16-17H,5,7-13H2,1-2H3. The van der Waals surface area contributed by atoms with E-state index in [1.54, 1.807) is 0 Å². The first-order valence-corrected chi connectivity index (χ1v) is 11.4. The van der Waals surface area contributed by atoms with Gasteiger partial charge in [0.1, 0.15) is 12.2 Å². The molecule has 6 rings (SSSR count). The average molecular weight is 459 g/mol. The predicted molar refractivity (Wildman–Crippen MR) is 115 cm³/mol. The van der Waals surface area contributed by atoms with Gasteiger partial charge in [-0.3, -0.25) is 4.79 Å². The van der Waals surface area contributed by atoms with Crippen LogP contribution in [-0.2, 0) is 16.1 Å². The fourth-order valence-corrected chi connectivity index (χ4v) is 8.21. The number of carbonyl (C=O) groups excluding carboxylic acids is 1. The fraction of sp³-hybridized carbons (Fsp3) is 0.583. The highest BCUT2D eigenvalue weighted by atomic mass is 79.9. The summed E-state index contributed by atoms with van der Waals surface area (Å²) in [6.45, 7) is 4.05. The second-order valence-corrected chi connectivity index (χ2v) is 11.6. The second kappa shape index (κ2) is 6.69. The van der Waals surface area contributed by atoms with Crippen molar-refractivity contribution in [3.05, 3.63) is 45.3 Å². The van der Waals surface area contributed by atoms with Crippen molar-refractivity contribution < 1.29 is 13.9 Å². The molecule has 4 fully saturated rings. The number of rotatable bonds is 4. The van der Waals surface area contributed by atoms with Crippen LogP contribution in [0.5, 0.6) is 0 Å². The van der Waals surface area contributed by atoms with Crippen molar-refractivity contribution >= 4 is 32.9 Å². The lowest BCUT2D eigenvalue weighted by Gasteiger charge is -2.60. The van der Waals surface area contributed by atoms with Gasteiger partial charge < -0.3 is 9.15 Å². The highest BCUT2D eigenvalue weighted by Gasteiger charge is 2.57. The maximum absolute atomic E-state index is 12.8. The highest BCUT2D eigenvalue weighted by molar-refractivity contribution is 9.10. The summed E-state index contributed by atoms with van der Waals surface area (Å²) in [6, 6.07) is 5.40. The number of halogens is 1. The Morgan fingerprint density at radius 3 is 2.62 bits per heavy atom. The van der Waals surface area contributed by atoms with Crippen molar-refractivity contribution in [2.75, 3.05) is 0 Å². The van der Waals surface area contributed by atoms with Gasteiger partial charge in [0, 0.05) is 21.3 Å². The Morgan fingerprint density at radius 1 is 1.21 bits per heavy atom. The third-order valence-corrected chi connectivity index (χ3v) is 8.46. The van der Waals surface area contributed by atoms with Gasteiger partial charge >= 0.3 is 11.6 Å². The Kier molecular flexibility index (Phi) is 4.47. The molecular formula is C24H27BrO4. The number of esters is 1. The number of hydrogen-bond acceptors (Lipinski definition) is 4. The molecule has 2 unspecified atom stereocenters. The molecule has 0 aliphatic heterocycles. The topological polar surface area (TPSA) is 56.5 Å². The lowest BCUT2D eigenvalue weighted by Crippen LogP contribution is -2.53. The maximum atomic E-state index is 12.8. The molecule has 1 heterocycles. The summed E-state index contributed by atoms with van der Waals surface area (Å²) in [4.78, 5) is 24.8. The lowest BCUT2D eigenvalue weighted by molar-refractivity contribution is -0.152. The van der Waals surface area contributed by atoms with Crippen molar-refractivity contribution in [2.45, 2.75) is 69.7 Å². The van der Waals surface area contributed by atoms with Crippen molar-refractivity contribution in [3.8, 4) is 0 Å². The first-order valence-electron chi connectivity index (χ1n) is 10.6. The Bertz CT molecular complexity index is 1040. The minimum Gasteiger partial charge on any atom is -0.461 e. The van der Waals surface area contributed by atoms with Crippen molar-refractivity contribution in [1.82, 2.24) is 0 Å². The maximum Gasteiger partial charge on any atom is 0.336 e. The van der Waals surface area contributed by atoms with Crippen molar-refractivity contribution in [1.29, 1.82) is 0 Å². The van der Waals surface area contributed by atoms with E-state index in [-0.39, 0.29) is 22.3 Å². The Hall–Kier alpha value is -1.62. The van der Waals surface area contributed by atoms with Gasteiger partial charge in [-0.15, -0.1) is 0 Å². The molecule has 2 aromatic rings. The number of carbonyl (C=O) groups is 1. The summed E-state index contributed by atoms with van der Waals surface area (Å²) in [6.07, 6.45) is 7.72. The smallest absolute Gasteiger partial charge is 0.336 e. The molecule has 4 saturated carbocycles. The third-order valence-electron chi connectivity index (χ3n) is 7.54. The van der Waals surface area contributed by atoms with E-state index in [1.807, 2.05) is 26.0 Å². The first-order chi connectivity index (χ1) is 13.7. The molecule has 4 aliphatic rings. The molecule has 0 saturated heterocycles. The van der Waals surface area contributed by atoms with Gasteiger partial charge in [-0.05, 0) is 80.8 Å². The molecule has 4 bridgehead atoms. The molecule has 154 valence electrons. The van der Waals surface area contributed by atoms with Crippen LogP contribution >= 0.6 is 15.9 Å². The fourth-order valence-electron chi connectivity index (χ4n) is 6.70. The molecule has 29 heavy (non-hydrogen) atoms. The van der Waals surface area contributed by atoms with E-state index in [2.05, 4.69) is 15.9 Å². The zero-order valence-corrected chi connectivity index (χ0v) is 18.6. The summed E-state index contributed by atoms with van der Waals surface area (Å²) in [5.41, 5.74) is 3.01. The van der Waals surface area contributed by atoms with E-state index >= 15 is 0 Å². The van der Waals surface area contributed by atoms with E-state index in [0.717, 1.165) is 53.2 Å². The SMILES string of the molecule is Cc1ccc2c(COC(=O)CC34CC5CC(CC(Br)(C5)C3)C4)cc(=O)oc2c1C. The Labute approximate surface area is 179 Å². The molecule has 0 radical (unpaired) electrons. The van der Waals surface area contributed by atoms with Crippen LogP contribution in [0, 0.1) is 31.1 Å². The van der Waals surface area contributed by atoms with Crippen LogP contribution in [0.25, 0.3) is 11.0 Å². The van der Waals surface area contributed by atoms with Crippen molar-refractivity contribution in [3.63, 3.8) is 0 Å². The van der Waals surface area contributed by atoms with Crippen LogP contribution < -0.4 is 5.63 Å². The molecule has 4 nitrogen and oxygen atoms in total. The minimum atomic E-state index is -0.403. The van der Waals surface area contributed by atoms with Crippen LogP contribution in [0.1, 0.15) is 61.6 Å². The monoisotopic (exact) mass is 458 g/mol. The summed E-state index contributed by atoms with van der Waals surface area (Å²) in [5.74, 6) is 1.35. The number of benzene rings is 1. The number of hydrogen-bond donors (Lipinski definition) is 0. The summed E-state index contributed by atoms with van der Waals surface area (Å²) < 4.78 is 11.4. The number of fused-ring (bicyclic) bond motifs is 1. The Morgan fingerprint density at radius 2 is 1.93 bits per heavy atom. The van der Waals surface area contributed by atoms with Crippen LogP contribution in [0.2, 0.25) is 0 Å². The van der Waals surface area contributed by atoms with Crippen LogP contribution in [0.4, 0.5) is 0 Å². The van der Waals surface area contributed by atoms with E-state index in [4.69, 9.17) is 9.15 Å². The molecule has 1 aromatic heterocycles. The van der Waals surface area contributed by atoms with Crippen LogP contribution in [0.3, 0.4) is 0 Å². The molecule has 2 atom stereocenters. The predicted octanol–water partition coefficient (Wildman–Crippen LogP) is 5.58. The minimum absolute atomic E-state index is 0.0934. The van der Waals surface area contributed by atoms with E-state index < -0.39 is 5.63 Å². The first kappa shape index (κ1) is 19.3. The van der Waals surface area contributed by atoms with Crippen molar-refractivity contribution in [2.24, 2.45) is 17.3 Å². The Balaban J connectivity index is 1.33. The summed E-state index contributed by atoms with van der Waals surface area (Å²) in [5, 5.41) is 0.842. The third kappa shape index (κ3) is 3.45. The quantitative estimate of drug-likeness (QED) is 0.341. The lowest BCUT2D eigenvalue weighted by atomic mass is 9.49. The normalized spacial score (nSPS) is 32.7. The number of aryl methyl sites for hydroxylation is 2. The zero-order valence-electron chi connectivity index (χ0n) is 17.1. The molecule has 1 aromatic carbocycles. The van der Waals surface area contributed by atoms with E-state index in [1.165, 1.54) is 25.3 Å². The molecule has 0 spiro atoms. The summed E-state index contributed by atoms with van der Waals surface area (Å²) in [7, 11) is 0. The van der Waals surface area contributed by atoms with Gasteiger partial charge in [0.15, 0.2) is 0 Å². The van der Waals surface area contributed by atoms with Gasteiger partial charge in [-0.1, -0.05) is 28.1 Å². The van der Waals surface area contributed by atoms with Gasteiger partial charge in [0.2, 0.25) is 0 Å². The summed E-state index contributed by atoms with van der Waals surface area (Å²) >= 11 is 4.01. The van der Waals surface area contributed by atoms with Gasteiger partial charge in [0.25, 0.3) is 0 Å². The molecular weight excluding hydrogens is 432 g/mol. The number of ether oxygens (including phenoxy) is 1. The average Bonchev–Trinajstić information content (AvgIpc) is 2.60. The second-order valence-electron chi connectivity index (χ2n) is 9.92. The van der Waals surface area contributed by atoms with Crippen LogP contribution in [-0.4, -0.2) is 10.3 Å². The van der Waals surface area contributed by atoms with Gasteiger partial charge in [0.05, 0.1) is 6.42 Å². The molecule has 4 aliphatic carbocycles. The van der Waals surface area contributed by atoms with Gasteiger partial charge in [-0.2, -0.15) is 0 Å². The van der Waals surface area contributed by atoms with E-state index in [0.29, 0.717) is 12.0 Å². The van der Waals surface area contributed by atoms with Crippen LogP contribution in [0.15, 0.2) is 27.4 Å². The number of alkyl halides is 1. The molecule has 0 N–H and O–H groups in total. The molecule has 0 amide bonds. The highest BCUT2D eigenvalue weighted by Crippen LogP contribution is 2.65. The zero-order chi connectivity index (χ0) is 20.4. The molecule has 5 heteroatoms.